The molecule has 1 aromatic heterocycles. The Kier molecular flexibility index (Phi) is 3.39. The molecule has 2 unspecified atom stereocenters. The van der Waals surface area contributed by atoms with E-state index in [1.807, 2.05) is 24.3 Å². The van der Waals surface area contributed by atoms with Gasteiger partial charge in [-0.05, 0) is 11.6 Å². The quantitative estimate of drug-likeness (QED) is 0.759. The first-order valence-electron chi connectivity index (χ1n) is 6.42. The number of hydrogen-bond donors (Lipinski definition) is 3. The van der Waals surface area contributed by atoms with Crippen LogP contribution in [0.25, 0.3) is 0 Å². The lowest BCUT2D eigenvalue weighted by Gasteiger charge is -2.13. The lowest BCUT2D eigenvalue weighted by molar-refractivity contribution is -0.127. The van der Waals surface area contributed by atoms with Crippen LogP contribution in [0.3, 0.4) is 0 Å². The molecular weight excluding hydrogens is 258 g/mol. The number of nitrogens with zero attached hydrogens (tertiary/aromatic N) is 1. The van der Waals surface area contributed by atoms with E-state index in [1.54, 1.807) is 0 Å². The van der Waals surface area contributed by atoms with E-state index in [0.717, 1.165) is 11.3 Å². The molecule has 3 rings (SSSR count). The summed E-state index contributed by atoms with van der Waals surface area (Å²) in [5, 5.41) is 12.5. The van der Waals surface area contributed by atoms with Gasteiger partial charge in [-0.1, -0.05) is 18.2 Å². The molecule has 3 N–H and O–H groups in total. The standard InChI is InChI=1S/C14H15N3O3/c18-11(10-6-15-8-17-10)7-16-14(19)13-5-9-3-1-2-4-12(9)20-13/h1-4,6,8,11,13,18H,5,7H2,(H,15,17)(H,16,19). The smallest absolute Gasteiger partial charge is 0.261 e. The van der Waals surface area contributed by atoms with Gasteiger partial charge in [-0.3, -0.25) is 4.79 Å². The van der Waals surface area contributed by atoms with Crippen LogP contribution in [0.1, 0.15) is 17.4 Å². The largest absolute Gasteiger partial charge is 0.480 e. The van der Waals surface area contributed by atoms with E-state index >= 15 is 0 Å². The number of fused-ring (bicyclic) bond motifs is 1. The van der Waals surface area contributed by atoms with Crippen molar-refractivity contribution < 1.29 is 14.6 Å². The fourth-order valence-electron chi connectivity index (χ4n) is 2.20. The van der Waals surface area contributed by atoms with E-state index in [4.69, 9.17) is 4.74 Å². The molecule has 2 atom stereocenters. The van der Waals surface area contributed by atoms with E-state index in [0.29, 0.717) is 12.1 Å². The van der Waals surface area contributed by atoms with Gasteiger partial charge in [-0.2, -0.15) is 0 Å². The maximum absolute atomic E-state index is 12.0. The van der Waals surface area contributed by atoms with Gasteiger partial charge in [0.1, 0.15) is 11.9 Å². The average molecular weight is 273 g/mol. The fraction of sp³-hybridized carbons (Fsp3) is 0.286. The zero-order valence-electron chi connectivity index (χ0n) is 10.7. The van der Waals surface area contributed by atoms with Crippen molar-refractivity contribution in [2.75, 3.05) is 6.54 Å². The van der Waals surface area contributed by atoms with Crippen molar-refractivity contribution >= 4 is 5.91 Å². The van der Waals surface area contributed by atoms with Gasteiger partial charge in [0, 0.05) is 13.0 Å². The second-order valence-corrected chi connectivity index (χ2v) is 4.69. The number of carbonyl (C=O) groups is 1. The highest BCUT2D eigenvalue weighted by Crippen LogP contribution is 2.28. The van der Waals surface area contributed by atoms with Crippen LogP contribution in [-0.2, 0) is 11.2 Å². The van der Waals surface area contributed by atoms with Gasteiger partial charge >= 0.3 is 0 Å². The average Bonchev–Trinajstić information content (AvgIpc) is 3.12. The molecule has 0 aliphatic carbocycles. The van der Waals surface area contributed by atoms with Gasteiger partial charge < -0.3 is 20.1 Å². The maximum Gasteiger partial charge on any atom is 0.261 e. The minimum atomic E-state index is -0.801. The molecule has 0 fully saturated rings. The molecule has 0 spiro atoms. The summed E-state index contributed by atoms with van der Waals surface area (Å²) in [5.41, 5.74) is 1.60. The first-order chi connectivity index (χ1) is 9.74. The number of rotatable bonds is 4. The van der Waals surface area contributed by atoms with E-state index in [9.17, 15) is 9.90 Å². The van der Waals surface area contributed by atoms with Crippen LogP contribution in [0.15, 0.2) is 36.8 Å². The molecule has 104 valence electrons. The number of para-hydroxylation sites is 1. The number of aromatic amines is 1. The third-order valence-electron chi connectivity index (χ3n) is 3.29. The molecule has 1 aromatic carbocycles. The van der Waals surface area contributed by atoms with Gasteiger partial charge in [0.25, 0.3) is 5.91 Å². The predicted octanol–water partition coefficient (Wildman–Crippen LogP) is 0.563. The monoisotopic (exact) mass is 273 g/mol. The summed E-state index contributed by atoms with van der Waals surface area (Å²) in [4.78, 5) is 18.6. The number of H-pyrrole nitrogens is 1. The molecule has 2 heterocycles. The number of ether oxygens (including phenoxy) is 1. The third-order valence-corrected chi connectivity index (χ3v) is 3.29. The molecular formula is C14H15N3O3. The van der Waals surface area contributed by atoms with Crippen molar-refractivity contribution in [3.05, 3.63) is 48.0 Å². The maximum atomic E-state index is 12.0. The summed E-state index contributed by atoms with van der Waals surface area (Å²) in [7, 11) is 0. The van der Waals surface area contributed by atoms with Crippen LogP contribution in [0.4, 0.5) is 0 Å². The molecule has 1 amide bonds. The molecule has 6 heteroatoms. The van der Waals surface area contributed by atoms with Crippen LogP contribution in [0, 0.1) is 0 Å². The van der Waals surface area contributed by atoms with Gasteiger partial charge in [-0.25, -0.2) is 4.98 Å². The van der Waals surface area contributed by atoms with Gasteiger partial charge in [0.15, 0.2) is 6.10 Å². The Balaban J connectivity index is 1.54. The Hall–Kier alpha value is -2.34. The SMILES string of the molecule is O=C(NCC(O)c1cnc[nH]1)C1Cc2ccccc2O1. The van der Waals surface area contributed by atoms with E-state index in [1.165, 1.54) is 12.5 Å². The molecule has 0 saturated carbocycles. The van der Waals surface area contributed by atoms with E-state index in [-0.39, 0.29) is 12.5 Å². The van der Waals surface area contributed by atoms with Crippen molar-refractivity contribution in [2.24, 2.45) is 0 Å². The highest BCUT2D eigenvalue weighted by molar-refractivity contribution is 5.82. The van der Waals surface area contributed by atoms with Gasteiger partial charge in [0.2, 0.25) is 0 Å². The summed E-state index contributed by atoms with van der Waals surface area (Å²) >= 11 is 0. The number of benzene rings is 1. The predicted molar refractivity (Wildman–Crippen MR) is 71.1 cm³/mol. The highest BCUT2D eigenvalue weighted by Gasteiger charge is 2.28. The first-order valence-corrected chi connectivity index (χ1v) is 6.42. The second kappa shape index (κ2) is 5.34. The third kappa shape index (κ3) is 2.50. The Labute approximate surface area is 115 Å². The van der Waals surface area contributed by atoms with Gasteiger partial charge in [0.05, 0.1) is 18.2 Å². The van der Waals surface area contributed by atoms with Crippen LogP contribution < -0.4 is 10.1 Å². The minimum Gasteiger partial charge on any atom is -0.480 e. The van der Waals surface area contributed by atoms with Crippen LogP contribution in [-0.4, -0.2) is 33.6 Å². The number of carbonyl (C=O) groups excluding carboxylic acids is 1. The van der Waals surface area contributed by atoms with Crippen molar-refractivity contribution in [3.63, 3.8) is 0 Å². The Morgan fingerprint density at radius 2 is 2.40 bits per heavy atom. The van der Waals surface area contributed by atoms with Crippen molar-refractivity contribution in [1.82, 2.24) is 15.3 Å². The number of hydrogen-bond acceptors (Lipinski definition) is 4. The normalized spacial score (nSPS) is 18.1. The Morgan fingerprint density at radius 3 is 3.15 bits per heavy atom. The number of aliphatic hydroxyl groups excluding tert-OH is 1. The van der Waals surface area contributed by atoms with E-state index in [2.05, 4.69) is 15.3 Å². The Bertz CT molecular complexity index is 572. The zero-order valence-corrected chi connectivity index (χ0v) is 10.7. The fourth-order valence-corrected chi connectivity index (χ4v) is 2.20. The van der Waals surface area contributed by atoms with Crippen LogP contribution >= 0.6 is 0 Å². The molecule has 0 saturated heterocycles. The first kappa shape index (κ1) is 12.7. The van der Waals surface area contributed by atoms with Gasteiger partial charge in [-0.15, -0.1) is 0 Å². The number of aromatic nitrogens is 2. The molecule has 0 radical (unpaired) electrons. The Morgan fingerprint density at radius 1 is 1.55 bits per heavy atom. The molecule has 6 nitrogen and oxygen atoms in total. The number of imidazole rings is 1. The molecule has 0 bridgehead atoms. The molecule has 1 aliphatic rings. The number of aliphatic hydroxyl groups is 1. The second-order valence-electron chi connectivity index (χ2n) is 4.69. The number of amides is 1. The summed E-state index contributed by atoms with van der Waals surface area (Å²) in [6, 6.07) is 7.59. The topological polar surface area (TPSA) is 87.2 Å². The molecule has 2 aromatic rings. The lowest BCUT2D eigenvalue weighted by atomic mass is 10.1. The minimum absolute atomic E-state index is 0.122. The zero-order chi connectivity index (χ0) is 13.9. The highest BCUT2D eigenvalue weighted by atomic mass is 16.5. The van der Waals surface area contributed by atoms with Crippen molar-refractivity contribution in [3.8, 4) is 5.75 Å². The van der Waals surface area contributed by atoms with Crippen molar-refractivity contribution in [1.29, 1.82) is 0 Å². The number of nitrogens with one attached hydrogen (secondary N) is 2. The van der Waals surface area contributed by atoms with Crippen molar-refractivity contribution in [2.45, 2.75) is 18.6 Å². The molecule has 20 heavy (non-hydrogen) atoms. The molecule has 1 aliphatic heterocycles. The lowest BCUT2D eigenvalue weighted by Crippen LogP contribution is -2.39. The van der Waals surface area contributed by atoms with Crippen LogP contribution in [0.5, 0.6) is 5.75 Å². The van der Waals surface area contributed by atoms with E-state index < -0.39 is 12.2 Å². The summed E-state index contributed by atoms with van der Waals surface area (Å²) in [5.74, 6) is 0.529. The van der Waals surface area contributed by atoms with Crippen LogP contribution in [0.2, 0.25) is 0 Å². The summed E-state index contributed by atoms with van der Waals surface area (Å²) < 4.78 is 5.58. The summed E-state index contributed by atoms with van der Waals surface area (Å²) in [6.45, 7) is 0.122. The summed E-state index contributed by atoms with van der Waals surface area (Å²) in [6.07, 6.45) is 2.24.